The molecule has 2 unspecified atom stereocenters. The van der Waals surface area contributed by atoms with Crippen molar-refractivity contribution >= 4 is 11.3 Å². The molecular weight excluding hydrogens is 236 g/mol. The van der Waals surface area contributed by atoms with E-state index in [0.717, 1.165) is 18.5 Å². The van der Waals surface area contributed by atoms with Crippen molar-refractivity contribution in [1.82, 2.24) is 15.1 Å². The van der Waals surface area contributed by atoms with Crippen LogP contribution in [0, 0.1) is 0 Å². The highest BCUT2D eigenvalue weighted by Gasteiger charge is 2.28. The lowest BCUT2D eigenvalue weighted by atomic mass is 9.85. The van der Waals surface area contributed by atoms with E-state index in [4.69, 9.17) is 10.3 Å². The van der Waals surface area contributed by atoms with E-state index in [0.29, 0.717) is 11.7 Å². The first kappa shape index (κ1) is 10.9. The summed E-state index contributed by atoms with van der Waals surface area (Å²) in [4.78, 5) is 8.58. The van der Waals surface area contributed by atoms with Crippen LogP contribution in [-0.4, -0.2) is 21.2 Å². The van der Waals surface area contributed by atoms with Gasteiger partial charge in [0.1, 0.15) is 5.69 Å². The third kappa shape index (κ3) is 2.10. The molecule has 1 aliphatic carbocycles. The van der Waals surface area contributed by atoms with E-state index >= 15 is 0 Å². The second-order valence-electron chi connectivity index (χ2n) is 4.38. The van der Waals surface area contributed by atoms with Gasteiger partial charge in [-0.05, 0) is 12.8 Å². The van der Waals surface area contributed by atoms with Crippen molar-refractivity contribution in [2.75, 3.05) is 0 Å². The molecule has 0 saturated heterocycles. The first-order valence-electron chi connectivity index (χ1n) is 5.82. The summed E-state index contributed by atoms with van der Waals surface area (Å²) in [6, 6.07) is 0.146. The molecule has 0 spiro atoms. The van der Waals surface area contributed by atoms with Gasteiger partial charge in [0.25, 0.3) is 0 Å². The lowest BCUT2D eigenvalue weighted by molar-refractivity contribution is 0.290. The largest absolute Gasteiger partial charge is 0.339 e. The van der Waals surface area contributed by atoms with Crippen LogP contribution in [-0.2, 0) is 0 Å². The van der Waals surface area contributed by atoms with E-state index in [1.807, 2.05) is 5.38 Å². The second-order valence-corrected chi connectivity index (χ2v) is 5.10. The first-order valence-corrected chi connectivity index (χ1v) is 6.76. The van der Waals surface area contributed by atoms with Gasteiger partial charge in [-0.15, -0.1) is 11.3 Å². The fourth-order valence-corrected chi connectivity index (χ4v) is 2.81. The molecule has 17 heavy (non-hydrogen) atoms. The van der Waals surface area contributed by atoms with Crippen LogP contribution in [0.25, 0.3) is 11.5 Å². The molecule has 1 saturated carbocycles. The Labute approximate surface area is 103 Å². The van der Waals surface area contributed by atoms with Crippen LogP contribution in [0.15, 0.2) is 15.4 Å². The molecule has 1 fully saturated rings. The number of rotatable bonds is 2. The highest BCUT2D eigenvalue weighted by Crippen LogP contribution is 2.31. The highest BCUT2D eigenvalue weighted by atomic mass is 32.1. The lowest BCUT2D eigenvalue weighted by Crippen LogP contribution is -2.31. The summed E-state index contributed by atoms with van der Waals surface area (Å²) in [5.41, 5.74) is 8.63. The fourth-order valence-electron chi connectivity index (χ4n) is 2.28. The minimum atomic E-state index is 0.146. The van der Waals surface area contributed by atoms with Crippen molar-refractivity contribution in [3.05, 3.63) is 16.8 Å². The third-order valence-corrected chi connectivity index (χ3v) is 3.83. The summed E-state index contributed by atoms with van der Waals surface area (Å²) in [7, 11) is 0. The Morgan fingerprint density at radius 2 is 2.24 bits per heavy atom. The van der Waals surface area contributed by atoms with Crippen LogP contribution in [0.2, 0.25) is 0 Å². The zero-order chi connectivity index (χ0) is 11.7. The average Bonchev–Trinajstić information content (AvgIpc) is 3.00. The molecule has 0 aromatic carbocycles. The molecule has 0 radical (unpaired) electrons. The van der Waals surface area contributed by atoms with Crippen molar-refractivity contribution in [2.45, 2.75) is 37.6 Å². The monoisotopic (exact) mass is 250 g/mol. The number of nitrogens with two attached hydrogens (primary N) is 1. The molecule has 6 heteroatoms. The first-order chi connectivity index (χ1) is 8.34. The Bertz CT molecular complexity index is 481. The molecule has 3 rings (SSSR count). The number of hydrogen-bond donors (Lipinski definition) is 1. The van der Waals surface area contributed by atoms with Gasteiger partial charge in [-0.2, -0.15) is 4.98 Å². The lowest BCUT2D eigenvalue weighted by Gasteiger charge is -2.25. The Morgan fingerprint density at radius 3 is 3.00 bits per heavy atom. The van der Waals surface area contributed by atoms with Gasteiger partial charge in [-0.3, -0.25) is 0 Å². The second kappa shape index (κ2) is 4.54. The van der Waals surface area contributed by atoms with Crippen molar-refractivity contribution in [2.24, 2.45) is 5.73 Å². The molecule has 2 aromatic rings. The van der Waals surface area contributed by atoms with E-state index < -0.39 is 0 Å². The molecule has 90 valence electrons. The van der Waals surface area contributed by atoms with Crippen molar-refractivity contribution < 1.29 is 4.52 Å². The van der Waals surface area contributed by atoms with Crippen LogP contribution in [0.4, 0.5) is 0 Å². The van der Waals surface area contributed by atoms with Gasteiger partial charge in [0.05, 0.1) is 11.4 Å². The number of nitrogens with zero attached hydrogens (tertiary/aromatic N) is 3. The third-order valence-electron chi connectivity index (χ3n) is 3.24. The van der Waals surface area contributed by atoms with Gasteiger partial charge in [-0.25, -0.2) is 4.98 Å². The van der Waals surface area contributed by atoms with Gasteiger partial charge in [-0.1, -0.05) is 18.0 Å². The highest BCUT2D eigenvalue weighted by molar-refractivity contribution is 7.07. The minimum Gasteiger partial charge on any atom is -0.339 e. The number of thiazole rings is 1. The Hall–Kier alpha value is -1.27. The summed E-state index contributed by atoms with van der Waals surface area (Å²) in [5.74, 6) is 1.45. The molecular formula is C11H14N4OS. The predicted octanol–water partition coefficient (Wildman–Crippen LogP) is 2.18. The topological polar surface area (TPSA) is 77.8 Å². The van der Waals surface area contributed by atoms with E-state index in [2.05, 4.69) is 15.1 Å². The smallest absolute Gasteiger partial charge is 0.231 e. The Morgan fingerprint density at radius 1 is 1.35 bits per heavy atom. The van der Waals surface area contributed by atoms with Crippen molar-refractivity contribution in [1.29, 1.82) is 0 Å². The molecule has 0 amide bonds. The molecule has 1 aliphatic rings. The Balaban J connectivity index is 1.84. The molecule has 2 atom stereocenters. The van der Waals surface area contributed by atoms with E-state index in [1.54, 1.807) is 5.51 Å². The number of hydrogen-bond acceptors (Lipinski definition) is 6. The van der Waals surface area contributed by atoms with E-state index in [-0.39, 0.29) is 12.0 Å². The molecule has 0 bridgehead atoms. The maximum absolute atomic E-state index is 6.10. The summed E-state index contributed by atoms with van der Waals surface area (Å²) < 4.78 is 5.32. The number of aromatic nitrogens is 3. The molecule has 0 aliphatic heterocycles. The summed E-state index contributed by atoms with van der Waals surface area (Å²) >= 11 is 1.52. The average molecular weight is 250 g/mol. The Kier molecular flexibility index (Phi) is 2.90. The van der Waals surface area contributed by atoms with Gasteiger partial charge < -0.3 is 10.3 Å². The molecule has 2 aromatic heterocycles. The fraction of sp³-hybridized carbons (Fsp3) is 0.545. The quantitative estimate of drug-likeness (QED) is 0.883. The standard InChI is InChI=1S/C11H14N4OS/c12-8-4-2-1-3-7(8)11-14-10(15-16-11)9-5-17-6-13-9/h5-8H,1-4,12H2. The van der Waals surface area contributed by atoms with E-state index in [9.17, 15) is 0 Å². The van der Waals surface area contributed by atoms with Gasteiger partial charge in [0.15, 0.2) is 0 Å². The van der Waals surface area contributed by atoms with Crippen LogP contribution in [0.1, 0.15) is 37.5 Å². The molecule has 2 heterocycles. The molecule has 5 nitrogen and oxygen atoms in total. The van der Waals surface area contributed by atoms with Crippen LogP contribution >= 0.6 is 11.3 Å². The summed E-state index contributed by atoms with van der Waals surface area (Å²) in [6.07, 6.45) is 4.47. The SMILES string of the molecule is NC1CCCCC1c1nc(-c2cscn2)no1. The maximum Gasteiger partial charge on any atom is 0.231 e. The van der Waals surface area contributed by atoms with Crippen molar-refractivity contribution in [3.63, 3.8) is 0 Å². The maximum atomic E-state index is 6.10. The zero-order valence-corrected chi connectivity index (χ0v) is 10.2. The van der Waals surface area contributed by atoms with E-state index in [1.165, 1.54) is 24.2 Å². The minimum absolute atomic E-state index is 0.146. The van der Waals surface area contributed by atoms with Crippen LogP contribution in [0.5, 0.6) is 0 Å². The summed E-state index contributed by atoms with van der Waals surface area (Å²) in [5, 5.41) is 5.88. The van der Waals surface area contributed by atoms with Gasteiger partial charge >= 0.3 is 0 Å². The van der Waals surface area contributed by atoms with Gasteiger partial charge in [0.2, 0.25) is 11.7 Å². The van der Waals surface area contributed by atoms with Crippen LogP contribution in [0.3, 0.4) is 0 Å². The van der Waals surface area contributed by atoms with Crippen molar-refractivity contribution in [3.8, 4) is 11.5 Å². The predicted molar refractivity (Wildman–Crippen MR) is 64.6 cm³/mol. The van der Waals surface area contributed by atoms with Crippen LogP contribution < -0.4 is 5.73 Å². The normalized spacial score (nSPS) is 25.0. The summed E-state index contributed by atoms with van der Waals surface area (Å²) in [6.45, 7) is 0. The zero-order valence-electron chi connectivity index (χ0n) is 9.37. The molecule has 2 N–H and O–H groups in total. The van der Waals surface area contributed by atoms with Gasteiger partial charge in [0, 0.05) is 11.4 Å².